The molecule has 0 amide bonds. The van der Waals surface area contributed by atoms with Gasteiger partial charge in [-0.15, -0.1) is 0 Å². The number of hydrogen-bond donors (Lipinski definition) is 1. The van der Waals surface area contributed by atoms with Gasteiger partial charge in [-0.25, -0.2) is 13.1 Å². The molecule has 0 saturated heterocycles. The van der Waals surface area contributed by atoms with E-state index in [2.05, 4.69) is 26.3 Å². The fourth-order valence-corrected chi connectivity index (χ4v) is 2.12. The minimum Gasteiger partial charge on any atom is -0.380 e. The van der Waals surface area contributed by atoms with Gasteiger partial charge in [-0.05, 0) is 15.9 Å². The first-order chi connectivity index (χ1) is 8.81. The third-order valence-electron chi connectivity index (χ3n) is 2.24. The molecule has 0 spiro atoms. The number of ether oxygens (including phenoxy) is 1. The predicted molar refractivity (Wildman–Crippen MR) is 76.2 cm³/mol. The van der Waals surface area contributed by atoms with Gasteiger partial charge in [0, 0.05) is 19.8 Å². The maximum absolute atomic E-state index is 11.6. The lowest BCUT2D eigenvalue weighted by Crippen LogP contribution is -2.22. The Kier molecular flexibility index (Phi) is 5.95. The number of hydrogen-bond acceptors (Lipinski definition) is 6. The quantitative estimate of drug-likeness (QED) is 0.694. The number of anilines is 1. The fourth-order valence-electron chi connectivity index (χ4n) is 1.20. The summed E-state index contributed by atoms with van der Waals surface area (Å²) in [4.78, 5) is 11.6. The first kappa shape index (κ1) is 16.1. The summed E-state index contributed by atoms with van der Waals surface area (Å²) in [6.07, 6.45) is 2.69. The summed E-state index contributed by atoms with van der Waals surface area (Å²) in [6.45, 7) is 0.963. The van der Waals surface area contributed by atoms with E-state index in [0.717, 1.165) is 6.26 Å². The van der Waals surface area contributed by atoms with Crippen LogP contribution in [0.3, 0.4) is 0 Å². The molecule has 1 aromatic heterocycles. The molecule has 1 rings (SSSR count). The number of nitrogens with zero attached hydrogens (tertiary/aromatic N) is 2. The topological polar surface area (TPSA) is 90.3 Å². The molecule has 0 aliphatic rings. The second kappa shape index (κ2) is 7.01. The zero-order valence-electron chi connectivity index (χ0n) is 10.7. The van der Waals surface area contributed by atoms with E-state index in [4.69, 9.17) is 4.74 Å². The molecule has 0 radical (unpaired) electrons. The van der Waals surface area contributed by atoms with E-state index in [9.17, 15) is 13.2 Å². The molecule has 0 unspecified atom stereocenters. The number of nitrogens with one attached hydrogen (secondary N) is 1. The Morgan fingerprint density at radius 1 is 1.47 bits per heavy atom. The van der Waals surface area contributed by atoms with Gasteiger partial charge in [-0.3, -0.25) is 4.79 Å². The number of aromatic nitrogens is 2. The van der Waals surface area contributed by atoms with E-state index in [1.165, 1.54) is 10.9 Å². The van der Waals surface area contributed by atoms with Crippen molar-refractivity contribution in [1.82, 2.24) is 9.78 Å². The van der Waals surface area contributed by atoms with Crippen molar-refractivity contribution in [3.8, 4) is 0 Å². The average Bonchev–Trinajstić information content (AvgIpc) is 2.32. The third kappa shape index (κ3) is 5.70. The summed E-state index contributed by atoms with van der Waals surface area (Å²) < 4.78 is 28.5. The molecular weight excluding hydrogens is 338 g/mol. The predicted octanol–water partition coefficient (Wildman–Crippen LogP) is 0.0159. The Bertz CT molecular complexity index is 585. The van der Waals surface area contributed by atoms with Crippen molar-refractivity contribution in [2.75, 3.05) is 37.1 Å². The SMILES string of the molecule is Cn1ncc(NCCOCCS(C)(=O)=O)c(Br)c1=O. The number of aryl methyl sites for hydroxylation is 1. The second-order valence-electron chi connectivity index (χ2n) is 3.97. The Morgan fingerprint density at radius 3 is 2.79 bits per heavy atom. The molecule has 1 heterocycles. The molecule has 0 saturated carbocycles. The molecule has 9 heteroatoms. The first-order valence-corrected chi connectivity index (χ1v) is 8.38. The van der Waals surface area contributed by atoms with Crippen LogP contribution >= 0.6 is 15.9 Å². The van der Waals surface area contributed by atoms with Crippen LogP contribution in [0.1, 0.15) is 0 Å². The number of sulfone groups is 1. The van der Waals surface area contributed by atoms with Crippen LogP contribution in [0.2, 0.25) is 0 Å². The van der Waals surface area contributed by atoms with Gasteiger partial charge in [0.15, 0.2) is 0 Å². The van der Waals surface area contributed by atoms with Crippen LogP contribution in [-0.2, 0) is 21.6 Å². The van der Waals surface area contributed by atoms with Crippen molar-refractivity contribution < 1.29 is 13.2 Å². The Morgan fingerprint density at radius 2 is 2.16 bits per heavy atom. The smallest absolute Gasteiger partial charge is 0.282 e. The fraction of sp³-hybridized carbons (Fsp3) is 0.600. The highest BCUT2D eigenvalue weighted by atomic mass is 79.9. The number of rotatable bonds is 7. The average molecular weight is 354 g/mol. The normalized spacial score (nSPS) is 11.5. The van der Waals surface area contributed by atoms with Crippen molar-refractivity contribution in [2.45, 2.75) is 0 Å². The van der Waals surface area contributed by atoms with Crippen molar-refractivity contribution in [3.05, 3.63) is 21.0 Å². The van der Waals surface area contributed by atoms with E-state index in [1.807, 2.05) is 0 Å². The number of halogens is 1. The molecule has 1 aromatic rings. The lowest BCUT2D eigenvalue weighted by atomic mass is 10.4. The largest absolute Gasteiger partial charge is 0.380 e. The third-order valence-corrected chi connectivity index (χ3v) is 3.91. The van der Waals surface area contributed by atoms with Gasteiger partial charge in [0.05, 0.1) is 30.9 Å². The summed E-state index contributed by atoms with van der Waals surface area (Å²) in [5.41, 5.74) is 0.345. The lowest BCUT2D eigenvalue weighted by Gasteiger charge is -2.08. The Labute approximate surface area is 120 Å². The van der Waals surface area contributed by atoms with Gasteiger partial charge in [-0.2, -0.15) is 5.10 Å². The summed E-state index contributed by atoms with van der Waals surface area (Å²) in [5.74, 6) is 0.00410. The molecule has 0 bridgehead atoms. The summed E-state index contributed by atoms with van der Waals surface area (Å²) in [5, 5.41) is 6.86. The van der Waals surface area contributed by atoms with Crippen molar-refractivity contribution in [2.24, 2.45) is 7.05 Å². The molecule has 7 nitrogen and oxygen atoms in total. The van der Waals surface area contributed by atoms with Crippen molar-refractivity contribution >= 4 is 31.5 Å². The molecule has 0 aromatic carbocycles. The van der Waals surface area contributed by atoms with Crippen LogP contribution < -0.4 is 10.9 Å². The van der Waals surface area contributed by atoms with E-state index in [1.54, 1.807) is 7.05 Å². The van der Waals surface area contributed by atoms with E-state index in [0.29, 0.717) is 23.3 Å². The maximum Gasteiger partial charge on any atom is 0.282 e. The van der Waals surface area contributed by atoms with Gasteiger partial charge in [0.1, 0.15) is 14.3 Å². The second-order valence-corrected chi connectivity index (χ2v) is 7.02. The summed E-state index contributed by atoms with van der Waals surface area (Å²) >= 11 is 3.18. The molecule has 1 N–H and O–H groups in total. The standard InChI is InChI=1S/C10H16BrN3O4S/c1-14-10(15)9(11)8(7-13-14)12-3-4-18-5-6-19(2,16)17/h7,12H,3-6H2,1-2H3. The van der Waals surface area contributed by atoms with E-state index in [-0.39, 0.29) is 17.9 Å². The minimum absolute atomic E-state index is 0.00410. The van der Waals surface area contributed by atoms with Crippen LogP contribution in [0.5, 0.6) is 0 Å². The molecule has 0 fully saturated rings. The van der Waals surface area contributed by atoms with Gasteiger partial charge in [-0.1, -0.05) is 0 Å². The lowest BCUT2D eigenvalue weighted by molar-refractivity contribution is 0.159. The highest BCUT2D eigenvalue weighted by Crippen LogP contribution is 2.15. The highest BCUT2D eigenvalue weighted by Gasteiger charge is 2.06. The Balaban J connectivity index is 2.35. The van der Waals surface area contributed by atoms with Crippen LogP contribution in [-0.4, -0.2) is 50.0 Å². The van der Waals surface area contributed by atoms with E-state index >= 15 is 0 Å². The van der Waals surface area contributed by atoms with Gasteiger partial charge >= 0.3 is 0 Å². The minimum atomic E-state index is -2.99. The van der Waals surface area contributed by atoms with Crippen LogP contribution in [0, 0.1) is 0 Å². The molecule has 0 aliphatic heterocycles. The van der Waals surface area contributed by atoms with Gasteiger partial charge in [0.25, 0.3) is 5.56 Å². The molecule has 19 heavy (non-hydrogen) atoms. The summed E-state index contributed by atoms with van der Waals surface area (Å²) in [7, 11) is -1.43. The molecule has 108 valence electrons. The monoisotopic (exact) mass is 353 g/mol. The molecule has 0 aliphatic carbocycles. The van der Waals surface area contributed by atoms with Crippen LogP contribution in [0.15, 0.2) is 15.5 Å². The van der Waals surface area contributed by atoms with Crippen LogP contribution in [0.25, 0.3) is 0 Å². The van der Waals surface area contributed by atoms with Gasteiger partial charge < -0.3 is 10.1 Å². The first-order valence-electron chi connectivity index (χ1n) is 5.52. The molecular formula is C10H16BrN3O4S. The van der Waals surface area contributed by atoms with Crippen molar-refractivity contribution in [1.29, 1.82) is 0 Å². The summed E-state index contributed by atoms with van der Waals surface area (Å²) in [6, 6.07) is 0. The van der Waals surface area contributed by atoms with E-state index < -0.39 is 9.84 Å². The molecule has 0 atom stereocenters. The van der Waals surface area contributed by atoms with Crippen molar-refractivity contribution in [3.63, 3.8) is 0 Å². The zero-order chi connectivity index (χ0) is 14.5. The zero-order valence-corrected chi connectivity index (χ0v) is 13.1. The van der Waals surface area contributed by atoms with Gasteiger partial charge in [0.2, 0.25) is 0 Å². The maximum atomic E-state index is 11.6. The van der Waals surface area contributed by atoms with Crippen LogP contribution in [0.4, 0.5) is 5.69 Å². The highest BCUT2D eigenvalue weighted by molar-refractivity contribution is 9.10. The Hall–Kier alpha value is -0.930.